The highest BCUT2D eigenvalue weighted by Gasteiger charge is 2.33. The van der Waals surface area contributed by atoms with Crippen molar-refractivity contribution < 1.29 is 22.7 Å². The summed E-state index contributed by atoms with van der Waals surface area (Å²) in [6.45, 7) is 2.83. The molecule has 1 saturated carbocycles. The molecule has 2 fully saturated rings. The van der Waals surface area contributed by atoms with Gasteiger partial charge in [0.25, 0.3) is 5.91 Å². The topological polar surface area (TPSA) is 32.8 Å². The zero-order valence-electron chi connectivity index (χ0n) is 15.0. The van der Waals surface area contributed by atoms with Gasteiger partial charge >= 0.3 is 6.18 Å². The van der Waals surface area contributed by atoms with Gasteiger partial charge in [0, 0.05) is 32.2 Å². The zero-order valence-corrected chi connectivity index (χ0v) is 15.0. The van der Waals surface area contributed by atoms with E-state index < -0.39 is 11.7 Å². The Kier molecular flexibility index (Phi) is 5.75. The average molecular weight is 370 g/mol. The molecule has 0 atom stereocenters. The highest BCUT2D eigenvalue weighted by atomic mass is 19.4. The number of piperazine rings is 1. The predicted molar refractivity (Wildman–Crippen MR) is 92.3 cm³/mol. The summed E-state index contributed by atoms with van der Waals surface area (Å²) in [5.41, 5.74) is -0.625. The molecule has 1 aromatic carbocycles. The molecule has 26 heavy (non-hydrogen) atoms. The molecular formula is C19H25F3N2O2. The summed E-state index contributed by atoms with van der Waals surface area (Å²) in [5, 5.41) is 0. The maximum Gasteiger partial charge on any atom is 0.416 e. The summed E-state index contributed by atoms with van der Waals surface area (Å²) in [5.74, 6) is -0.293. The minimum absolute atomic E-state index is 0.0282. The van der Waals surface area contributed by atoms with Crippen LogP contribution in [0.5, 0.6) is 5.75 Å². The molecule has 1 heterocycles. The number of methoxy groups -OCH3 is 1. The van der Waals surface area contributed by atoms with Crippen LogP contribution in [0.15, 0.2) is 18.2 Å². The molecule has 2 aliphatic rings. The molecule has 0 radical (unpaired) electrons. The highest BCUT2D eigenvalue weighted by Crippen LogP contribution is 2.33. The summed E-state index contributed by atoms with van der Waals surface area (Å²) in [6, 6.07) is 3.67. The van der Waals surface area contributed by atoms with Gasteiger partial charge in [-0.1, -0.05) is 19.3 Å². The Morgan fingerprint density at radius 2 is 1.73 bits per heavy atom. The van der Waals surface area contributed by atoms with Crippen LogP contribution in [0.3, 0.4) is 0 Å². The molecule has 1 amide bonds. The van der Waals surface area contributed by atoms with E-state index in [0.29, 0.717) is 19.1 Å². The molecule has 0 unspecified atom stereocenters. The van der Waals surface area contributed by atoms with Gasteiger partial charge in [0.1, 0.15) is 5.75 Å². The van der Waals surface area contributed by atoms with E-state index >= 15 is 0 Å². The summed E-state index contributed by atoms with van der Waals surface area (Å²) in [6.07, 6.45) is 1.84. The second-order valence-corrected chi connectivity index (χ2v) is 7.03. The number of alkyl halides is 3. The number of nitrogens with zero attached hydrogens (tertiary/aromatic N) is 2. The van der Waals surface area contributed by atoms with Gasteiger partial charge in [-0.05, 0) is 31.0 Å². The molecule has 1 aliphatic carbocycles. The molecular weight excluding hydrogens is 345 g/mol. The van der Waals surface area contributed by atoms with E-state index in [1.165, 1.54) is 45.3 Å². The van der Waals surface area contributed by atoms with Crippen LogP contribution in [-0.4, -0.2) is 55.0 Å². The molecule has 1 aromatic rings. The minimum atomic E-state index is -4.46. The molecule has 0 bridgehead atoms. The number of halogens is 3. The third-order valence-electron chi connectivity index (χ3n) is 5.45. The maximum absolute atomic E-state index is 12.9. The first-order valence-electron chi connectivity index (χ1n) is 9.18. The fourth-order valence-electron chi connectivity index (χ4n) is 3.95. The van der Waals surface area contributed by atoms with Crippen LogP contribution in [0.25, 0.3) is 0 Å². The Morgan fingerprint density at radius 3 is 2.31 bits per heavy atom. The maximum atomic E-state index is 12.9. The molecule has 0 aromatic heterocycles. The number of carbonyl (C=O) groups excluding carboxylic acids is 1. The number of hydrogen-bond donors (Lipinski definition) is 0. The summed E-state index contributed by atoms with van der Waals surface area (Å²) >= 11 is 0. The lowest BCUT2D eigenvalue weighted by molar-refractivity contribution is -0.137. The molecule has 1 aliphatic heterocycles. The van der Waals surface area contributed by atoms with E-state index in [1.807, 2.05) is 0 Å². The standard InChI is InChI=1S/C19H25F3N2O2/c1-26-17-13-14(19(20,21)22)7-8-16(17)18(25)24-11-9-23(10-12-24)15-5-3-2-4-6-15/h7-8,13,15H,2-6,9-12H2,1H3. The van der Waals surface area contributed by atoms with Crippen LogP contribution in [0.1, 0.15) is 48.0 Å². The van der Waals surface area contributed by atoms with E-state index in [0.717, 1.165) is 25.2 Å². The van der Waals surface area contributed by atoms with Gasteiger partial charge < -0.3 is 9.64 Å². The van der Waals surface area contributed by atoms with Crippen LogP contribution in [-0.2, 0) is 6.18 Å². The fourth-order valence-corrected chi connectivity index (χ4v) is 3.95. The number of ether oxygens (including phenoxy) is 1. The van der Waals surface area contributed by atoms with Crippen LogP contribution in [0, 0.1) is 0 Å². The van der Waals surface area contributed by atoms with Crippen molar-refractivity contribution in [3.05, 3.63) is 29.3 Å². The third kappa shape index (κ3) is 4.14. The van der Waals surface area contributed by atoms with Crippen LogP contribution >= 0.6 is 0 Å². The first-order valence-corrected chi connectivity index (χ1v) is 9.18. The average Bonchev–Trinajstić information content (AvgIpc) is 2.67. The van der Waals surface area contributed by atoms with Crippen molar-refractivity contribution in [3.63, 3.8) is 0 Å². The normalized spacial score (nSPS) is 20.2. The predicted octanol–water partition coefficient (Wildman–Crippen LogP) is 3.80. The number of hydrogen-bond acceptors (Lipinski definition) is 3. The van der Waals surface area contributed by atoms with Crippen molar-refractivity contribution >= 4 is 5.91 Å². The largest absolute Gasteiger partial charge is 0.496 e. The van der Waals surface area contributed by atoms with E-state index in [-0.39, 0.29) is 17.2 Å². The van der Waals surface area contributed by atoms with Crippen molar-refractivity contribution in [2.45, 2.75) is 44.3 Å². The Hall–Kier alpha value is -1.76. The van der Waals surface area contributed by atoms with E-state index in [9.17, 15) is 18.0 Å². The Bertz CT molecular complexity index is 634. The molecule has 7 heteroatoms. The fraction of sp³-hybridized carbons (Fsp3) is 0.632. The molecule has 1 saturated heterocycles. The van der Waals surface area contributed by atoms with Crippen LogP contribution < -0.4 is 4.74 Å². The lowest BCUT2D eigenvalue weighted by atomic mass is 9.94. The van der Waals surface area contributed by atoms with E-state index in [2.05, 4.69) is 4.90 Å². The Labute approximate surface area is 151 Å². The molecule has 0 spiro atoms. The van der Waals surface area contributed by atoms with E-state index in [1.54, 1.807) is 4.90 Å². The lowest BCUT2D eigenvalue weighted by Gasteiger charge is -2.40. The first kappa shape index (κ1) is 19.0. The van der Waals surface area contributed by atoms with Crippen LogP contribution in [0.4, 0.5) is 13.2 Å². The van der Waals surface area contributed by atoms with Gasteiger partial charge in [0.15, 0.2) is 0 Å². The molecule has 4 nitrogen and oxygen atoms in total. The second kappa shape index (κ2) is 7.86. The number of carbonyl (C=O) groups is 1. The number of benzene rings is 1. The SMILES string of the molecule is COc1cc(C(F)(F)F)ccc1C(=O)N1CCN(C2CCCCC2)CC1. The quantitative estimate of drug-likeness (QED) is 0.811. The van der Waals surface area contributed by atoms with Gasteiger partial charge in [0.2, 0.25) is 0 Å². The first-order chi connectivity index (χ1) is 12.4. The van der Waals surface area contributed by atoms with Crippen LogP contribution in [0.2, 0.25) is 0 Å². The van der Waals surface area contributed by atoms with Gasteiger partial charge in [0.05, 0.1) is 18.2 Å². The van der Waals surface area contributed by atoms with Crippen molar-refractivity contribution in [3.8, 4) is 5.75 Å². The van der Waals surface area contributed by atoms with Crippen molar-refractivity contribution in [1.82, 2.24) is 9.80 Å². The summed E-state index contributed by atoms with van der Waals surface area (Å²) in [7, 11) is 1.29. The second-order valence-electron chi connectivity index (χ2n) is 7.03. The summed E-state index contributed by atoms with van der Waals surface area (Å²) in [4.78, 5) is 16.9. The number of amides is 1. The van der Waals surface area contributed by atoms with Crippen molar-refractivity contribution in [2.75, 3.05) is 33.3 Å². The minimum Gasteiger partial charge on any atom is -0.496 e. The lowest BCUT2D eigenvalue weighted by Crippen LogP contribution is -2.52. The van der Waals surface area contributed by atoms with Gasteiger partial charge in [-0.25, -0.2) is 0 Å². The number of rotatable bonds is 3. The molecule has 0 N–H and O–H groups in total. The summed E-state index contributed by atoms with van der Waals surface area (Å²) < 4.78 is 43.6. The Morgan fingerprint density at radius 1 is 1.08 bits per heavy atom. The van der Waals surface area contributed by atoms with Gasteiger partial charge in [-0.3, -0.25) is 9.69 Å². The third-order valence-corrected chi connectivity index (χ3v) is 5.45. The monoisotopic (exact) mass is 370 g/mol. The Balaban J connectivity index is 1.66. The smallest absolute Gasteiger partial charge is 0.416 e. The highest BCUT2D eigenvalue weighted by molar-refractivity contribution is 5.97. The van der Waals surface area contributed by atoms with Gasteiger partial charge in [-0.2, -0.15) is 13.2 Å². The van der Waals surface area contributed by atoms with Gasteiger partial charge in [-0.15, -0.1) is 0 Å². The molecule has 144 valence electrons. The van der Waals surface area contributed by atoms with E-state index in [4.69, 9.17) is 4.74 Å². The molecule has 3 rings (SSSR count). The van der Waals surface area contributed by atoms with Crippen molar-refractivity contribution in [1.29, 1.82) is 0 Å². The zero-order chi connectivity index (χ0) is 18.7. The van der Waals surface area contributed by atoms with Crippen molar-refractivity contribution in [2.24, 2.45) is 0 Å².